The molecule has 0 unspecified atom stereocenters. The highest BCUT2D eigenvalue weighted by Crippen LogP contribution is 2.23. The Morgan fingerprint density at radius 3 is 2.62 bits per heavy atom. The molecule has 1 atom stereocenters. The van der Waals surface area contributed by atoms with Gasteiger partial charge in [0, 0.05) is 56.2 Å². The van der Waals surface area contributed by atoms with Gasteiger partial charge in [-0.2, -0.15) is 11.3 Å². The van der Waals surface area contributed by atoms with E-state index in [1.54, 1.807) is 23.7 Å². The van der Waals surface area contributed by atoms with Crippen LogP contribution >= 0.6 is 11.3 Å². The summed E-state index contributed by atoms with van der Waals surface area (Å²) in [6, 6.07) is 4.21. The maximum Gasteiger partial charge on any atom is 0.341 e. The number of thiophene rings is 1. The lowest BCUT2D eigenvalue weighted by Gasteiger charge is -2.40. The number of nitrogens with one attached hydrogen (secondary N) is 2. The monoisotopic (exact) mass is 551 g/mol. The maximum absolute atomic E-state index is 13.0. The van der Waals surface area contributed by atoms with Gasteiger partial charge in [0.25, 0.3) is 5.91 Å². The second kappa shape index (κ2) is 13.6. The van der Waals surface area contributed by atoms with E-state index in [1.807, 2.05) is 30.2 Å². The third kappa shape index (κ3) is 7.37. The largest absolute Gasteiger partial charge is 0.352 e. The van der Waals surface area contributed by atoms with Gasteiger partial charge in [0.15, 0.2) is 0 Å². The fourth-order valence-electron chi connectivity index (χ4n) is 5.15. The number of likely N-dealkylation sites (tertiary alicyclic amines) is 1. The molecule has 208 valence electrons. The van der Waals surface area contributed by atoms with Gasteiger partial charge in [0.05, 0.1) is 24.1 Å². The molecule has 0 radical (unpaired) electrons. The van der Waals surface area contributed by atoms with E-state index in [4.69, 9.17) is 4.84 Å². The lowest BCUT2D eigenvalue weighted by Crippen LogP contribution is -2.51. The molecule has 0 bridgehead atoms. The minimum absolute atomic E-state index is 0.104. The number of rotatable bonds is 10. The predicted octanol–water partition coefficient (Wildman–Crippen LogP) is 3.96. The Bertz CT molecular complexity index is 1210. The van der Waals surface area contributed by atoms with E-state index in [9.17, 15) is 9.59 Å². The molecular weight excluding hydrogens is 514 g/mol. The van der Waals surface area contributed by atoms with E-state index in [0.29, 0.717) is 30.4 Å². The molecule has 1 aliphatic heterocycles. The zero-order chi connectivity index (χ0) is 27.8. The van der Waals surface area contributed by atoms with Crippen LogP contribution in [0.5, 0.6) is 0 Å². The third-order valence-corrected chi connectivity index (χ3v) is 8.01. The Hall–Kier alpha value is -3.41. The van der Waals surface area contributed by atoms with Crippen molar-refractivity contribution in [1.29, 1.82) is 0 Å². The second-order valence-electron chi connectivity index (χ2n) is 9.94. The average Bonchev–Trinajstić information content (AvgIpc) is 3.45. The zero-order valence-corrected chi connectivity index (χ0v) is 23.8. The third-order valence-electron chi connectivity index (χ3n) is 7.28. The summed E-state index contributed by atoms with van der Waals surface area (Å²) in [5, 5.41) is 7.19. The maximum atomic E-state index is 13.0. The molecule has 0 aromatic carbocycles. The first-order valence-corrected chi connectivity index (χ1v) is 14.2. The summed E-state index contributed by atoms with van der Waals surface area (Å²) in [4.78, 5) is 47.6. The normalized spacial score (nSPS) is 15.1. The number of pyridine rings is 1. The first-order valence-electron chi connectivity index (χ1n) is 13.2. The number of hydrogen-bond donors (Lipinski definition) is 2. The first kappa shape index (κ1) is 28.6. The van der Waals surface area contributed by atoms with E-state index in [-0.39, 0.29) is 18.0 Å². The molecule has 2 N–H and O–H groups in total. The summed E-state index contributed by atoms with van der Waals surface area (Å²) in [6.07, 6.45) is 7.53. The average molecular weight is 552 g/mol. The number of carbonyl (C=O) groups is 2. The lowest BCUT2D eigenvalue weighted by atomic mass is 10.0. The number of aromatic nitrogens is 3. The van der Waals surface area contributed by atoms with Crippen molar-refractivity contribution in [3.05, 3.63) is 64.0 Å². The summed E-state index contributed by atoms with van der Waals surface area (Å²) < 4.78 is 0. The number of amides is 3. The molecule has 3 aromatic rings. The van der Waals surface area contributed by atoms with Crippen molar-refractivity contribution in [3.63, 3.8) is 0 Å². The molecule has 39 heavy (non-hydrogen) atoms. The Labute approximate surface area is 233 Å². The quantitative estimate of drug-likeness (QED) is 0.367. The first-order chi connectivity index (χ1) is 18.9. The SMILES string of the molecule is CONC(=O)N(Cc1ccsc1)C1CCN([C@H](C)CCNC(=O)c2c(C)cc(-c3cncnc3)nc2C)CC1. The second-order valence-corrected chi connectivity index (χ2v) is 10.7. The van der Waals surface area contributed by atoms with Crippen LogP contribution in [0.2, 0.25) is 0 Å². The zero-order valence-electron chi connectivity index (χ0n) is 23.0. The van der Waals surface area contributed by atoms with E-state index in [0.717, 1.165) is 54.7 Å². The fourth-order valence-corrected chi connectivity index (χ4v) is 5.81. The van der Waals surface area contributed by atoms with Crippen molar-refractivity contribution >= 4 is 23.3 Å². The summed E-state index contributed by atoms with van der Waals surface area (Å²) in [7, 11) is 1.46. The van der Waals surface area contributed by atoms with Crippen LogP contribution in [-0.2, 0) is 11.4 Å². The van der Waals surface area contributed by atoms with Gasteiger partial charge in [-0.3, -0.25) is 14.6 Å². The molecular formula is C28H37N7O3S. The number of urea groups is 1. The molecule has 1 fully saturated rings. The Balaban J connectivity index is 1.27. The van der Waals surface area contributed by atoms with Gasteiger partial charge < -0.3 is 15.1 Å². The van der Waals surface area contributed by atoms with Crippen LogP contribution in [0, 0.1) is 13.8 Å². The Morgan fingerprint density at radius 2 is 1.97 bits per heavy atom. The molecule has 1 saturated heterocycles. The van der Waals surface area contributed by atoms with Crippen molar-refractivity contribution in [1.82, 2.24) is 35.5 Å². The van der Waals surface area contributed by atoms with E-state index < -0.39 is 0 Å². The highest BCUT2D eigenvalue weighted by atomic mass is 32.1. The van der Waals surface area contributed by atoms with Crippen LogP contribution in [0.25, 0.3) is 11.3 Å². The fraction of sp³-hybridized carbons (Fsp3) is 0.464. The van der Waals surface area contributed by atoms with Gasteiger partial charge in [0.2, 0.25) is 0 Å². The van der Waals surface area contributed by atoms with Gasteiger partial charge in [-0.05, 0) is 74.1 Å². The minimum Gasteiger partial charge on any atom is -0.352 e. The van der Waals surface area contributed by atoms with Gasteiger partial charge in [-0.15, -0.1) is 0 Å². The van der Waals surface area contributed by atoms with Crippen molar-refractivity contribution in [2.75, 3.05) is 26.7 Å². The standard InChI is InChI=1S/C28H37N7O3S/c1-19-13-25(23-14-29-18-30-15-23)32-21(3)26(19)27(36)31-9-5-20(2)34-10-6-24(7-11-34)35(28(37)33-38-4)16-22-8-12-39-17-22/h8,12-15,17-18,20,24H,5-7,9-11,16H2,1-4H3,(H,31,36)(H,33,37)/t20-/m1/s1. The Morgan fingerprint density at radius 1 is 1.23 bits per heavy atom. The van der Waals surface area contributed by atoms with Crippen LogP contribution in [-0.4, -0.2) is 75.5 Å². The lowest BCUT2D eigenvalue weighted by molar-refractivity contribution is 0.0565. The molecule has 0 saturated carbocycles. The number of carbonyl (C=O) groups excluding carboxylic acids is 2. The minimum atomic E-state index is -0.205. The molecule has 3 amide bonds. The summed E-state index contributed by atoms with van der Waals surface area (Å²) in [5.74, 6) is -0.104. The smallest absolute Gasteiger partial charge is 0.341 e. The highest BCUT2D eigenvalue weighted by molar-refractivity contribution is 7.07. The van der Waals surface area contributed by atoms with Crippen molar-refractivity contribution in [2.24, 2.45) is 0 Å². The van der Waals surface area contributed by atoms with E-state index >= 15 is 0 Å². The molecule has 4 rings (SSSR count). The predicted molar refractivity (Wildman–Crippen MR) is 151 cm³/mol. The molecule has 0 aliphatic carbocycles. The van der Waals surface area contributed by atoms with Crippen molar-refractivity contribution in [2.45, 2.75) is 58.7 Å². The van der Waals surface area contributed by atoms with Crippen LogP contribution in [0.15, 0.2) is 41.6 Å². The molecule has 1 aliphatic rings. The van der Waals surface area contributed by atoms with Crippen LogP contribution in [0.1, 0.15) is 53.4 Å². The van der Waals surface area contributed by atoms with E-state index in [1.165, 1.54) is 13.4 Å². The molecule has 3 aromatic heterocycles. The summed E-state index contributed by atoms with van der Waals surface area (Å²) in [6.45, 7) is 8.92. The van der Waals surface area contributed by atoms with Gasteiger partial charge >= 0.3 is 6.03 Å². The molecule has 10 nitrogen and oxygen atoms in total. The number of nitrogens with zero attached hydrogens (tertiary/aromatic N) is 5. The summed E-state index contributed by atoms with van der Waals surface area (Å²) in [5.41, 5.74) is 7.37. The van der Waals surface area contributed by atoms with Gasteiger partial charge in [-0.25, -0.2) is 20.2 Å². The van der Waals surface area contributed by atoms with Gasteiger partial charge in [-0.1, -0.05) is 0 Å². The highest BCUT2D eigenvalue weighted by Gasteiger charge is 2.30. The molecule has 0 spiro atoms. The molecule has 11 heteroatoms. The number of piperidine rings is 1. The molecule has 4 heterocycles. The van der Waals surface area contributed by atoms with E-state index in [2.05, 4.69) is 49.0 Å². The van der Waals surface area contributed by atoms with Crippen LogP contribution < -0.4 is 10.8 Å². The van der Waals surface area contributed by atoms with Crippen molar-refractivity contribution in [3.8, 4) is 11.3 Å². The van der Waals surface area contributed by atoms with Crippen LogP contribution in [0.3, 0.4) is 0 Å². The van der Waals surface area contributed by atoms with Crippen molar-refractivity contribution < 1.29 is 14.4 Å². The number of aryl methyl sites for hydroxylation is 2. The van der Waals surface area contributed by atoms with Crippen LogP contribution in [0.4, 0.5) is 4.79 Å². The topological polar surface area (TPSA) is 113 Å². The van der Waals surface area contributed by atoms with Gasteiger partial charge in [0.1, 0.15) is 6.33 Å². The summed E-state index contributed by atoms with van der Waals surface area (Å²) >= 11 is 1.63. The number of hydrogen-bond acceptors (Lipinski definition) is 8. The number of hydroxylamine groups is 1. The Kier molecular flexibility index (Phi) is 9.96.